The van der Waals surface area contributed by atoms with Gasteiger partial charge in [0.15, 0.2) is 5.82 Å². The van der Waals surface area contributed by atoms with Crippen LogP contribution in [0.5, 0.6) is 0 Å². The molecule has 9 nitrogen and oxygen atoms in total. The number of nitro groups is 1. The van der Waals surface area contributed by atoms with Gasteiger partial charge in [-0.3, -0.25) is 15.0 Å². The Balaban J connectivity index is 1.59. The van der Waals surface area contributed by atoms with Crippen LogP contribution in [0.4, 0.5) is 5.69 Å². The number of ether oxygens (including phenoxy) is 1. The lowest BCUT2D eigenvalue weighted by Crippen LogP contribution is -2.42. The number of aliphatic hydroxyl groups is 1. The largest absolute Gasteiger partial charge is 0.390 e. The predicted octanol–water partition coefficient (Wildman–Crippen LogP) is 0.546. The van der Waals surface area contributed by atoms with Crippen LogP contribution in [-0.4, -0.2) is 68.6 Å². The second-order valence-corrected chi connectivity index (χ2v) is 5.66. The highest BCUT2D eigenvalue weighted by Gasteiger charge is 2.16. The molecule has 1 aromatic carbocycles. The number of nitro benzene ring substituents is 1. The van der Waals surface area contributed by atoms with Crippen molar-refractivity contribution in [2.24, 2.45) is 0 Å². The van der Waals surface area contributed by atoms with Gasteiger partial charge in [0.2, 0.25) is 0 Å². The topological polar surface area (TPSA) is 107 Å². The van der Waals surface area contributed by atoms with Crippen molar-refractivity contribution in [2.75, 3.05) is 32.8 Å². The average Bonchev–Trinajstić information content (AvgIpc) is 3.04. The van der Waals surface area contributed by atoms with Gasteiger partial charge in [0.05, 0.1) is 30.8 Å². The summed E-state index contributed by atoms with van der Waals surface area (Å²) in [6.45, 7) is 3.94. The normalized spacial score (nSPS) is 16.9. The van der Waals surface area contributed by atoms with Gasteiger partial charge in [0.1, 0.15) is 6.33 Å². The fourth-order valence-electron chi connectivity index (χ4n) is 2.60. The fraction of sp³-hybridized carbons (Fsp3) is 0.467. The smallest absolute Gasteiger partial charge is 0.269 e. The summed E-state index contributed by atoms with van der Waals surface area (Å²) in [7, 11) is 0. The van der Waals surface area contributed by atoms with Gasteiger partial charge in [-0.2, -0.15) is 5.10 Å². The van der Waals surface area contributed by atoms with Crippen LogP contribution in [0, 0.1) is 10.1 Å². The Labute approximate surface area is 138 Å². The zero-order valence-corrected chi connectivity index (χ0v) is 13.1. The van der Waals surface area contributed by atoms with Crippen molar-refractivity contribution < 1.29 is 14.8 Å². The first-order valence-corrected chi connectivity index (χ1v) is 7.74. The van der Waals surface area contributed by atoms with E-state index < -0.39 is 11.0 Å². The van der Waals surface area contributed by atoms with E-state index in [0.29, 0.717) is 37.7 Å². The van der Waals surface area contributed by atoms with Crippen molar-refractivity contribution in [2.45, 2.75) is 12.6 Å². The summed E-state index contributed by atoms with van der Waals surface area (Å²) < 4.78 is 6.87. The lowest BCUT2D eigenvalue weighted by Gasteiger charge is -2.28. The molecule has 3 rings (SSSR count). The van der Waals surface area contributed by atoms with Crippen molar-refractivity contribution >= 4 is 5.69 Å². The van der Waals surface area contributed by atoms with E-state index in [1.165, 1.54) is 12.1 Å². The molecule has 1 atom stereocenters. The number of aliphatic hydroxyl groups excluding tert-OH is 1. The minimum absolute atomic E-state index is 0.0270. The molecule has 0 aliphatic carbocycles. The highest BCUT2D eigenvalue weighted by Crippen LogP contribution is 2.18. The van der Waals surface area contributed by atoms with Crippen molar-refractivity contribution in [3.63, 3.8) is 0 Å². The maximum absolute atomic E-state index is 10.7. The Morgan fingerprint density at radius 3 is 2.62 bits per heavy atom. The maximum atomic E-state index is 10.7. The molecule has 0 radical (unpaired) electrons. The Kier molecular flexibility index (Phi) is 5.14. The van der Waals surface area contributed by atoms with Crippen LogP contribution in [0.1, 0.15) is 0 Å². The number of β-amino-alcohol motifs (C(OH)–C–C–N with tert-alkyl or cyclic N) is 1. The second kappa shape index (κ2) is 7.47. The first kappa shape index (κ1) is 16.5. The third-order valence-corrected chi connectivity index (χ3v) is 3.84. The molecule has 0 bridgehead atoms. The zero-order chi connectivity index (χ0) is 16.9. The average molecular weight is 333 g/mol. The highest BCUT2D eigenvalue weighted by molar-refractivity contribution is 5.56. The summed E-state index contributed by atoms with van der Waals surface area (Å²) in [6, 6.07) is 6.07. The third-order valence-electron chi connectivity index (χ3n) is 3.84. The Morgan fingerprint density at radius 1 is 1.25 bits per heavy atom. The summed E-state index contributed by atoms with van der Waals surface area (Å²) in [5, 5.41) is 25.2. The van der Waals surface area contributed by atoms with E-state index in [9.17, 15) is 15.2 Å². The monoisotopic (exact) mass is 333 g/mol. The number of aromatic nitrogens is 3. The fourth-order valence-corrected chi connectivity index (χ4v) is 2.60. The van der Waals surface area contributed by atoms with Gasteiger partial charge in [0, 0.05) is 37.3 Å². The van der Waals surface area contributed by atoms with Crippen LogP contribution in [0.25, 0.3) is 11.4 Å². The minimum atomic E-state index is -0.547. The van der Waals surface area contributed by atoms with E-state index in [4.69, 9.17) is 4.74 Å². The van der Waals surface area contributed by atoms with E-state index >= 15 is 0 Å². The highest BCUT2D eigenvalue weighted by atomic mass is 16.6. The van der Waals surface area contributed by atoms with Crippen molar-refractivity contribution in [3.8, 4) is 11.4 Å². The molecule has 9 heteroatoms. The van der Waals surface area contributed by atoms with Crippen LogP contribution in [0.15, 0.2) is 30.6 Å². The molecule has 1 unspecified atom stereocenters. The summed E-state index contributed by atoms with van der Waals surface area (Å²) in [5.74, 6) is 0.475. The number of nitrogens with zero attached hydrogens (tertiary/aromatic N) is 5. The first-order valence-electron chi connectivity index (χ1n) is 7.74. The van der Waals surface area contributed by atoms with Crippen molar-refractivity contribution in [1.82, 2.24) is 19.7 Å². The molecule has 2 aromatic rings. The van der Waals surface area contributed by atoms with Gasteiger partial charge in [-0.25, -0.2) is 9.67 Å². The standard InChI is InChI=1S/C15H19N5O4/c21-14(9-18-5-7-24-8-6-18)10-19-11-16-15(17-19)12-1-3-13(4-2-12)20(22)23/h1-4,11,14,21H,5-10H2. The molecule has 1 saturated heterocycles. The summed E-state index contributed by atoms with van der Waals surface area (Å²) in [4.78, 5) is 16.6. The lowest BCUT2D eigenvalue weighted by molar-refractivity contribution is -0.384. The molecule has 0 saturated carbocycles. The van der Waals surface area contributed by atoms with Crippen LogP contribution in [0.3, 0.4) is 0 Å². The number of benzene rings is 1. The van der Waals surface area contributed by atoms with Gasteiger partial charge >= 0.3 is 0 Å². The molecular formula is C15H19N5O4. The molecule has 2 heterocycles. The van der Waals surface area contributed by atoms with Crippen LogP contribution < -0.4 is 0 Å². The minimum Gasteiger partial charge on any atom is -0.390 e. The maximum Gasteiger partial charge on any atom is 0.269 e. The molecule has 1 fully saturated rings. The third kappa shape index (κ3) is 4.13. The van der Waals surface area contributed by atoms with E-state index in [2.05, 4.69) is 15.0 Å². The van der Waals surface area contributed by atoms with Gasteiger partial charge in [-0.15, -0.1) is 0 Å². The number of non-ortho nitro benzene ring substituents is 1. The van der Waals surface area contributed by atoms with Gasteiger partial charge in [-0.05, 0) is 12.1 Å². The summed E-state index contributed by atoms with van der Waals surface area (Å²) >= 11 is 0. The van der Waals surface area contributed by atoms with E-state index in [-0.39, 0.29) is 5.69 Å². The molecule has 0 amide bonds. The molecule has 0 spiro atoms. The first-order chi connectivity index (χ1) is 11.6. The van der Waals surface area contributed by atoms with Gasteiger partial charge < -0.3 is 9.84 Å². The Bertz CT molecular complexity index is 681. The SMILES string of the molecule is O=[N+]([O-])c1ccc(-c2ncn(CC(O)CN3CCOCC3)n2)cc1. The predicted molar refractivity (Wildman–Crippen MR) is 85.4 cm³/mol. The van der Waals surface area contributed by atoms with Crippen LogP contribution >= 0.6 is 0 Å². The molecular weight excluding hydrogens is 314 g/mol. The quantitative estimate of drug-likeness (QED) is 0.607. The summed E-state index contributed by atoms with van der Waals surface area (Å²) in [6.07, 6.45) is 1.01. The number of morpholine rings is 1. The van der Waals surface area contributed by atoms with E-state index in [0.717, 1.165) is 13.1 Å². The van der Waals surface area contributed by atoms with E-state index in [1.807, 2.05) is 0 Å². The number of hydrogen-bond donors (Lipinski definition) is 1. The zero-order valence-electron chi connectivity index (χ0n) is 13.1. The van der Waals surface area contributed by atoms with Gasteiger partial charge in [-0.1, -0.05) is 0 Å². The Hall–Kier alpha value is -2.36. The molecule has 1 aliphatic rings. The molecule has 1 aliphatic heterocycles. The number of hydrogen-bond acceptors (Lipinski definition) is 7. The molecule has 24 heavy (non-hydrogen) atoms. The second-order valence-electron chi connectivity index (χ2n) is 5.66. The summed E-state index contributed by atoms with van der Waals surface area (Å²) in [5.41, 5.74) is 0.723. The molecule has 1 aromatic heterocycles. The van der Waals surface area contributed by atoms with Crippen LogP contribution in [-0.2, 0) is 11.3 Å². The number of rotatable bonds is 6. The van der Waals surface area contributed by atoms with E-state index in [1.54, 1.807) is 23.1 Å². The molecule has 128 valence electrons. The van der Waals surface area contributed by atoms with Crippen molar-refractivity contribution in [1.29, 1.82) is 0 Å². The van der Waals surface area contributed by atoms with Crippen LogP contribution in [0.2, 0.25) is 0 Å². The lowest BCUT2D eigenvalue weighted by atomic mass is 10.2. The van der Waals surface area contributed by atoms with Gasteiger partial charge in [0.25, 0.3) is 5.69 Å². The van der Waals surface area contributed by atoms with Crippen molar-refractivity contribution in [3.05, 3.63) is 40.7 Å². The Morgan fingerprint density at radius 2 is 1.96 bits per heavy atom. The molecule has 1 N–H and O–H groups in total.